The Morgan fingerprint density at radius 1 is 1.08 bits per heavy atom. The first kappa shape index (κ1) is 18.0. The Balaban J connectivity index is 2.30. The summed E-state index contributed by atoms with van der Waals surface area (Å²) in [7, 11) is 0. The van der Waals surface area contributed by atoms with Gasteiger partial charge in [0.2, 0.25) is 0 Å². The van der Waals surface area contributed by atoms with E-state index in [1.807, 2.05) is 0 Å². The van der Waals surface area contributed by atoms with Crippen molar-refractivity contribution < 1.29 is 27.9 Å². The minimum atomic E-state index is -5.12. The predicted octanol–water partition coefficient (Wildman–Crippen LogP) is 3.76. The van der Waals surface area contributed by atoms with Crippen molar-refractivity contribution in [2.45, 2.75) is 12.3 Å². The first-order valence-corrected chi connectivity index (χ1v) is 7.03. The van der Waals surface area contributed by atoms with Crippen LogP contribution in [0.15, 0.2) is 48.5 Å². The number of carbonyl (C=O) groups excluding carboxylic acids is 2. The van der Waals surface area contributed by atoms with E-state index in [2.05, 4.69) is 5.32 Å². The molecule has 0 saturated heterocycles. The third-order valence-electron chi connectivity index (χ3n) is 3.11. The van der Waals surface area contributed by atoms with E-state index in [4.69, 9.17) is 11.6 Å². The highest BCUT2D eigenvalue weighted by atomic mass is 35.5. The van der Waals surface area contributed by atoms with E-state index < -0.39 is 29.5 Å². The number of carbonyl (C=O) groups is 2. The van der Waals surface area contributed by atoms with Crippen molar-refractivity contribution in [3.63, 3.8) is 0 Å². The maximum atomic E-state index is 12.7. The number of halogens is 4. The zero-order chi connectivity index (χ0) is 17.9. The first-order valence-electron chi connectivity index (χ1n) is 6.65. The summed E-state index contributed by atoms with van der Waals surface area (Å²) >= 11 is 5.62. The molecule has 0 fully saturated rings. The third-order valence-corrected chi connectivity index (χ3v) is 3.34. The van der Waals surface area contributed by atoms with Crippen LogP contribution in [0.3, 0.4) is 0 Å². The summed E-state index contributed by atoms with van der Waals surface area (Å²) in [6.07, 6.45) is -6.72. The number of hydrogen-bond donors (Lipinski definition) is 2. The fourth-order valence-corrected chi connectivity index (χ4v) is 2.13. The summed E-state index contributed by atoms with van der Waals surface area (Å²) in [5.41, 5.74) is -0.932. The normalized spacial score (nSPS) is 12.5. The molecule has 1 unspecified atom stereocenters. The van der Waals surface area contributed by atoms with Crippen LogP contribution in [0.1, 0.15) is 22.0 Å². The molecule has 24 heavy (non-hydrogen) atoms. The van der Waals surface area contributed by atoms with Crippen LogP contribution in [-0.2, 0) is 4.79 Å². The summed E-state index contributed by atoms with van der Waals surface area (Å²) < 4.78 is 38.0. The summed E-state index contributed by atoms with van der Waals surface area (Å²) in [5.74, 6) is -3.12. The number of amides is 1. The van der Waals surface area contributed by atoms with E-state index in [1.165, 1.54) is 18.2 Å². The number of hydrogen-bond acceptors (Lipinski definition) is 3. The van der Waals surface area contributed by atoms with Gasteiger partial charge in [-0.25, -0.2) is 0 Å². The molecule has 2 N–H and O–H groups in total. The predicted molar refractivity (Wildman–Crippen MR) is 81.9 cm³/mol. The molecular weight excluding hydrogens is 347 g/mol. The molecule has 2 aromatic carbocycles. The lowest BCUT2D eigenvalue weighted by atomic mass is 10.1. The van der Waals surface area contributed by atoms with Crippen molar-refractivity contribution in [1.29, 1.82) is 0 Å². The Morgan fingerprint density at radius 3 is 2.29 bits per heavy atom. The van der Waals surface area contributed by atoms with Gasteiger partial charge in [0.15, 0.2) is 6.10 Å². The Kier molecular flexibility index (Phi) is 5.26. The number of anilines is 1. The van der Waals surface area contributed by atoms with Gasteiger partial charge in [0, 0.05) is 5.02 Å². The minimum Gasteiger partial charge on any atom is -0.378 e. The number of Topliss-reactive ketones (excluding diaryl/α,β-unsaturated/α-hetero) is 1. The molecule has 0 aliphatic rings. The number of nitrogens with one attached hydrogen (secondary N) is 1. The van der Waals surface area contributed by atoms with Gasteiger partial charge < -0.3 is 10.4 Å². The Bertz CT molecular complexity index is 763. The van der Waals surface area contributed by atoms with Crippen molar-refractivity contribution >= 4 is 29.0 Å². The standard InChI is InChI=1S/C16H11ClF3NO3/c17-10-6-7-12(11(8-10)14(23)16(18,19)20)21-15(24)13(22)9-4-2-1-3-5-9/h1-8,13,22H,(H,21,24). The molecule has 0 radical (unpaired) electrons. The molecule has 4 nitrogen and oxygen atoms in total. The second-order valence-electron chi connectivity index (χ2n) is 4.82. The average Bonchev–Trinajstić information content (AvgIpc) is 2.55. The van der Waals surface area contributed by atoms with E-state index >= 15 is 0 Å². The monoisotopic (exact) mass is 357 g/mol. The lowest BCUT2D eigenvalue weighted by Crippen LogP contribution is -2.26. The van der Waals surface area contributed by atoms with Crippen LogP contribution < -0.4 is 5.32 Å². The number of benzene rings is 2. The van der Waals surface area contributed by atoms with Gasteiger partial charge in [-0.15, -0.1) is 0 Å². The quantitative estimate of drug-likeness (QED) is 0.819. The van der Waals surface area contributed by atoms with Gasteiger partial charge in [-0.1, -0.05) is 41.9 Å². The van der Waals surface area contributed by atoms with E-state index in [1.54, 1.807) is 18.2 Å². The average molecular weight is 358 g/mol. The highest BCUT2D eigenvalue weighted by Crippen LogP contribution is 2.29. The van der Waals surface area contributed by atoms with Gasteiger partial charge in [0.25, 0.3) is 11.7 Å². The summed E-state index contributed by atoms with van der Waals surface area (Å²) in [6, 6.07) is 10.9. The van der Waals surface area contributed by atoms with E-state index in [-0.39, 0.29) is 16.3 Å². The Labute approximate surface area is 139 Å². The molecular formula is C16H11ClF3NO3. The smallest absolute Gasteiger partial charge is 0.378 e. The molecule has 126 valence electrons. The number of aliphatic hydroxyl groups excluding tert-OH is 1. The van der Waals surface area contributed by atoms with Gasteiger partial charge in [-0.05, 0) is 23.8 Å². The van der Waals surface area contributed by atoms with Crippen molar-refractivity contribution in [1.82, 2.24) is 0 Å². The minimum absolute atomic E-state index is 0.0933. The molecule has 1 atom stereocenters. The zero-order valence-corrected chi connectivity index (χ0v) is 12.7. The largest absolute Gasteiger partial charge is 0.454 e. The zero-order valence-electron chi connectivity index (χ0n) is 12.0. The summed E-state index contributed by atoms with van der Waals surface area (Å²) in [6.45, 7) is 0. The maximum absolute atomic E-state index is 12.7. The topological polar surface area (TPSA) is 66.4 Å². The second-order valence-corrected chi connectivity index (χ2v) is 5.26. The van der Waals surface area contributed by atoms with Gasteiger partial charge in [-0.2, -0.15) is 13.2 Å². The molecule has 8 heteroatoms. The van der Waals surface area contributed by atoms with Gasteiger partial charge in [0.05, 0.1) is 11.3 Å². The van der Waals surface area contributed by atoms with Crippen LogP contribution in [0.5, 0.6) is 0 Å². The highest BCUT2D eigenvalue weighted by molar-refractivity contribution is 6.31. The third kappa shape index (κ3) is 4.12. The fourth-order valence-electron chi connectivity index (χ4n) is 1.95. The maximum Gasteiger partial charge on any atom is 0.454 e. The van der Waals surface area contributed by atoms with E-state index in [0.717, 1.165) is 12.1 Å². The first-order chi connectivity index (χ1) is 11.2. The van der Waals surface area contributed by atoms with Crippen LogP contribution in [-0.4, -0.2) is 23.0 Å². The van der Waals surface area contributed by atoms with E-state index in [9.17, 15) is 27.9 Å². The SMILES string of the molecule is O=C(Nc1ccc(Cl)cc1C(=O)C(F)(F)F)C(O)c1ccccc1. The van der Waals surface area contributed by atoms with Crippen LogP contribution in [0.25, 0.3) is 0 Å². The highest BCUT2D eigenvalue weighted by Gasteiger charge is 2.40. The van der Waals surface area contributed by atoms with Crippen molar-refractivity contribution in [3.8, 4) is 0 Å². The lowest BCUT2D eigenvalue weighted by Gasteiger charge is -2.15. The van der Waals surface area contributed by atoms with Crippen molar-refractivity contribution in [2.75, 3.05) is 5.32 Å². The summed E-state index contributed by atoms with van der Waals surface area (Å²) in [4.78, 5) is 23.5. The number of alkyl halides is 3. The van der Waals surface area contributed by atoms with Gasteiger partial charge in [0.1, 0.15) is 0 Å². The molecule has 1 amide bonds. The van der Waals surface area contributed by atoms with E-state index in [0.29, 0.717) is 0 Å². The Hall–Kier alpha value is -2.38. The fraction of sp³-hybridized carbons (Fsp3) is 0.125. The van der Waals surface area contributed by atoms with Gasteiger partial charge in [-0.3, -0.25) is 9.59 Å². The van der Waals surface area contributed by atoms with Crippen molar-refractivity contribution in [3.05, 3.63) is 64.7 Å². The molecule has 0 aliphatic heterocycles. The lowest BCUT2D eigenvalue weighted by molar-refractivity contribution is -0.124. The summed E-state index contributed by atoms with van der Waals surface area (Å²) in [5, 5.41) is 12.0. The number of rotatable bonds is 4. The van der Waals surface area contributed by atoms with Crippen LogP contribution >= 0.6 is 11.6 Å². The van der Waals surface area contributed by atoms with Crippen LogP contribution in [0.4, 0.5) is 18.9 Å². The molecule has 0 aliphatic carbocycles. The molecule has 2 rings (SSSR count). The Morgan fingerprint density at radius 2 is 1.71 bits per heavy atom. The van der Waals surface area contributed by atoms with Crippen LogP contribution in [0.2, 0.25) is 5.02 Å². The number of aliphatic hydroxyl groups is 1. The molecule has 2 aromatic rings. The molecule has 0 heterocycles. The van der Waals surface area contributed by atoms with Crippen LogP contribution in [0, 0.1) is 0 Å². The molecule has 0 aromatic heterocycles. The molecule has 0 saturated carbocycles. The van der Waals surface area contributed by atoms with Crippen molar-refractivity contribution in [2.24, 2.45) is 0 Å². The number of ketones is 1. The second kappa shape index (κ2) is 7.02. The van der Waals surface area contributed by atoms with Gasteiger partial charge >= 0.3 is 6.18 Å². The molecule has 0 bridgehead atoms. The molecule has 0 spiro atoms.